The minimum atomic E-state index is -0.843. The van der Waals surface area contributed by atoms with Crippen LogP contribution < -0.4 is 5.32 Å². The van der Waals surface area contributed by atoms with Gasteiger partial charge in [0.05, 0.1) is 0 Å². The number of ether oxygens (including phenoxy) is 1. The lowest BCUT2D eigenvalue weighted by Gasteiger charge is -2.24. The summed E-state index contributed by atoms with van der Waals surface area (Å²) in [5.41, 5.74) is -0.843. The topological polar surface area (TPSA) is 51.2 Å². The van der Waals surface area contributed by atoms with E-state index in [0.717, 1.165) is 0 Å². The molecule has 0 spiro atoms. The monoisotopic (exact) mass is 242 g/mol. The van der Waals surface area contributed by atoms with Gasteiger partial charge in [0, 0.05) is 18.3 Å². The van der Waals surface area contributed by atoms with E-state index in [0.29, 0.717) is 17.3 Å². The number of methoxy groups -OCH3 is 1. The molecule has 4 nitrogen and oxygen atoms in total. The third-order valence-electron chi connectivity index (χ3n) is 2.57. The molecule has 1 unspecified atom stereocenters. The van der Waals surface area contributed by atoms with Crippen LogP contribution in [-0.4, -0.2) is 23.6 Å². The van der Waals surface area contributed by atoms with Crippen molar-refractivity contribution >= 4 is 23.3 Å². The van der Waals surface area contributed by atoms with E-state index >= 15 is 0 Å². The SMILES string of the molecule is CCC(C)(OC)C(=O)Nc1cc(Cl)ccn1. The maximum atomic E-state index is 11.9. The lowest BCUT2D eigenvalue weighted by Crippen LogP contribution is -2.41. The quantitative estimate of drug-likeness (QED) is 0.883. The van der Waals surface area contributed by atoms with E-state index in [9.17, 15) is 4.79 Å². The zero-order valence-corrected chi connectivity index (χ0v) is 10.3. The standard InChI is InChI=1S/C11H15ClN2O2/c1-4-11(2,16-3)10(15)14-9-7-8(12)5-6-13-9/h5-7H,4H2,1-3H3,(H,13,14,15). The average molecular weight is 243 g/mol. The summed E-state index contributed by atoms with van der Waals surface area (Å²) in [4.78, 5) is 15.9. The highest BCUT2D eigenvalue weighted by molar-refractivity contribution is 6.30. The highest BCUT2D eigenvalue weighted by atomic mass is 35.5. The number of rotatable bonds is 4. The lowest BCUT2D eigenvalue weighted by molar-refractivity contribution is -0.136. The number of halogens is 1. The van der Waals surface area contributed by atoms with Crippen LogP contribution in [0.25, 0.3) is 0 Å². The number of aromatic nitrogens is 1. The molecule has 0 fully saturated rings. The highest BCUT2D eigenvalue weighted by Gasteiger charge is 2.31. The fraction of sp³-hybridized carbons (Fsp3) is 0.455. The molecule has 0 saturated heterocycles. The molecule has 0 aromatic carbocycles. The molecule has 1 amide bonds. The summed E-state index contributed by atoms with van der Waals surface area (Å²) in [7, 11) is 1.51. The van der Waals surface area contributed by atoms with Gasteiger partial charge in [0.25, 0.3) is 5.91 Å². The zero-order chi connectivity index (χ0) is 12.2. The van der Waals surface area contributed by atoms with E-state index in [1.54, 1.807) is 19.1 Å². The fourth-order valence-electron chi connectivity index (χ4n) is 1.12. The van der Waals surface area contributed by atoms with E-state index in [1.807, 2.05) is 6.92 Å². The van der Waals surface area contributed by atoms with Crippen LogP contribution in [0, 0.1) is 0 Å². The Kier molecular flexibility index (Phi) is 4.26. The molecule has 0 aliphatic carbocycles. The Balaban J connectivity index is 2.78. The van der Waals surface area contributed by atoms with Gasteiger partial charge in [-0.1, -0.05) is 18.5 Å². The molecular formula is C11H15ClN2O2. The Morgan fingerprint density at radius 2 is 2.38 bits per heavy atom. The van der Waals surface area contributed by atoms with Crippen molar-refractivity contribution in [3.63, 3.8) is 0 Å². The Hall–Kier alpha value is -1.13. The van der Waals surface area contributed by atoms with E-state index in [1.165, 1.54) is 13.3 Å². The molecule has 5 heteroatoms. The van der Waals surface area contributed by atoms with Gasteiger partial charge in [0.1, 0.15) is 11.4 Å². The van der Waals surface area contributed by atoms with Crippen molar-refractivity contribution in [2.75, 3.05) is 12.4 Å². The Labute approximate surface area is 100.0 Å². The summed E-state index contributed by atoms with van der Waals surface area (Å²) in [6.45, 7) is 3.61. The number of nitrogens with one attached hydrogen (secondary N) is 1. The van der Waals surface area contributed by atoms with Gasteiger partial charge in [0.2, 0.25) is 0 Å². The Bertz CT molecular complexity index is 378. The number of carbonyl (C=O) groups is 1. The molecular weight excluding hydrogens is 228 g/mol. The summed E-state index contributed by atoms with van der Waals surface area (Å²) in [5, 5.41) is 3.19. The predicted molar refractivity (Wildman–Crippen MR) is 63.6 cm³/mol. The van der Waals surface area contributed by atoms with Gasteiger partial charge >= 0.3 is 0 Å². The molecule has 0 aliphatic heterocycles. The summed E-state index contributed by atoms with van der Waals surface area (Å²) >= 11 is 5.79. The molecule has 1 rings (SSSR count). The van der Waals surface area contributed by atoms with Crippen LogP contribution in [0.5, 0.6) is 0 Å². The zero-order valence-electron chi connectivity index (χ0n) is 9.58. The molecule has 1 aromatic heterocycles. The average Bonchev–Trinajstić information content (AvgIpc) is 2.28. The maximum absolute atomic E-state index is 11.9. The largest absolute Gasteiger partial charge is 0.369 e. The normalized spacial score (nSPS) is 14.2. The van der Waals surface area contributed by atoms with Crippen LogP contribution in [-0.2, 0) is 9.53 Å². The van der Waals surface area contributed by atoms with Crippen LogP contribution >= 0.6 is 11.6 Å². The van der Waals surface area contributed by atoms with E-state index in [4.69, 9.17) is 16.3 Å². The first-order valence-corrected chi connectivity index (χ1v) is 5.38. The number of hydrogen-bond donors (Lipinski definition) is 1. The van der Waals surface area contributed by atoms with Crippen molar-refractivity contribution in [2.45, 2.75) is 25.9 Å². The van der Waals surface area contributed by atoms with Gasteiger partial charge in [-0.2, -0.15) is 0 Å². The van der Waals surface area contributed by atoms with Gasteiger partial charge < -0.3 is 10.1 Å². The maximum Gasteiger partial charge on any atom is 0.257 e. The van der Waals surface area contributed by atoms with Crippen LogP contribution in [0.3, 0.4) is 0 Å². The lowest BCUT2D eigenvalue weighted by atomic mass is 10.0. The Morgan fingerprint density at radius 1 is 1.69 bits per heavy atom. The van der Waals surface area contributed by atoms with Gasteiger partial charge in [-0.05, 0) is 25.5 Å². The van der Waals surface area contributed by atoms with Crippen molar-refractivity contribution in [3.05, 3.63) is 23.4 Å². The van der Waals surface area contributed by atoms with Crippen molar-refractivity contribution in [1.29, 1.82) is 0 Å². The van der Waals surface area contributed by atoms with Gasteiger partial charge in [0.15, 0.2) is 0 Å². The van der Waals surface area contributed by atoms with Gasteiger partial charge in [-0.3, -0.25) is 4.79 Å². The van der Waals surface area contributed by atoms with Crippen LogP contribution in [0.2, 0.25) is 5.02 Å². The molecule has 0 aliphatic rings. The molecule has 1 aromatic rings. The Morgan fingerprint density at radius 3 is 2.88 bits per heavy atom. The second-order valence-electron chi connectivity index (χ2n) is 3.60. The van der Waals surface area contributed by atoms with Crippen molar-refractivity contribution in [3.8, 4) is 0 Å². The summed E-state index contributed by atoms with van der Waals surface area (Å²) in [6.07, 6.45) is 2.12. The predicted octanol–water partition coefficient (Wildman–Crippen LogP) is 2.49. The second kappa shape index (κ2) is 5.27. The molecule has 1 atom stereocenters. The molecule has 16 heavy (non-hydrogen) atoms. The minimum Gasteiger partial charge on any atom is -0.369 e. The van der Waals surface area contributed by atoms with E-state index in [-0.39, 0.29) is 5.91 Å². The number of hydrogen-bond acceptors (Lipinski definition) is 3. The molecule has 1 heterocycles. The summed E-state index contributed by atoms with van der Waals surface area (Å²) in [5.74, 6) is 0.196. The van der Waals surface area contributed by atoms with E-state index < -0.39 is 5.60 Å². The van der Waals surface area contributed by atoms with Crippen LogP contribution in [0.15, 0.2) is 18.3 Å². The second-order valence-corrected chi connectivity index (χ2v) is 4.04. The number of pyridine rings is 1. The number of carbonyl (C=O) groups excluding carboxylic acids is 1. The van der Waals surface area contributed by atoms with Gasteiger partial charge in [-0.25, -0.2) is 4.98 Å². The minimum absolute atomic E-state index is 0.229. The first-order chi connectivity index (χ1) is 7.51. The first kappa shape index (κ1) is 12.9. The molecule has 0 saturated carbocycles. The molecule has 88 valence electrons. The van der Waals surface area contributed by atoms with Crippen molar-refractivity contribution in [1.82, 2.24) is 4.98 Å². The van der Waals surface area contributed by atoms with Crippen molar-refractivity contribution < 1.29 is 9.53 Å². The smallest absolute Gasteiger partial charge is 0.257 e. The highest BCUT2D eigenvalue weighted by Crippen LogP contribution is 2.18. The summed E-state index contributed by atoms with van der Waals surface area (Å²) < 4.78 is 5.18. The summed E-state index contributed by atoms with van der Waals surface area (Å²) in [6, 6.07) is 3.23. The first-order valence-electron chi connectivity index (χ1n) is 5.00. The van der Waals surface area contributed by atoms with Gasteiger partial charge in [-0.15, -0.1) is 0 Å². The van der Waals surface area contributed by atoms with Crippen LogP contribution in [0.4, 0.5) is 5.82 Å². The molecule has 1 N–H and O–H groups in total. The third-order valence-corrected chi connectivity index (χ3v) is 2.80. The van der Waals surface area contributed by atoms with Crippen LogP contribution in [0.1, 0.15) is 20.3 Å². The number of nitrogens with zero attached hydrogens (tertiary/aromatic N) is 1. The molecule has 0 bridgehead atoms. The third kappa shape index (κ3) is 2.93. The van der Waals surface area contributed by atoms with Crippen molar-refractivity contribution in [2.24, 2.45) is 0 Å². The van der Waals surface area contributed by atoms with E-state index in [2.05, 4.69) is 10.3 Å². The fourth-order valence-corrected chi connectivity index (χ4v) is 1.28. The number of anilines is 1. The molecule has 0 radical (unpaired) electrons. The number of amides is 1.